The molecule has 0 rings (SSSR count). The molecule has 0 radical (unpaired) electrons. The van der Waals surface area contributed by atoms with E-state index >= 15 is 0 Å². The summed E-state index contributed by atoms with van der Waals surface area (Å²) >= 11 is 0. The average Bonchev–Trinajstić information content (AvgIpc) is 2.17. The largest absolute Gasteiger partial charge is 0.368 e. The maximum absolute atomic E-state index is 11.5. The van der Waals surface area contributed by atoms with Crippen molar-refractivity contribution < 1.29 is 9.53 Å². The van der Waals surface area contributed by atoms with Gasteiger partial charge in [0, 0.05) is 12.0 Å². The summed E-state index contributed by atoms with van der Waals surface area (Å²) < 4.78 is 5.45. The average molecular weight is 257 g/mol. The molecular weight excluding hydrogens is 226 g/mol. The Bertz CT molecular complexity index is 236. The van der Waals surface area contributed by atoms with E-state index in [1.165, 1.54) is 0 Å². The van der Waals surface area contributed by atoms with Crippen LogP contribution in [-0.4, -0.2) is 30.1 Å². The lowest BCUT2D eigenvalue weighted by Gasteiger charge is -2.20. The van der Waals surface area contributed by atoms with Crippen molar-refractivity contribution in [2.75, 3.05) is 13.2 Å². The third-order valence-electron chi connectivity index (χ3n) is 2.45. The van der Waals surface area contributed by atoms with Gasteiger partial charge in [-0.2, -0.15) is 0 Å². The highest BCUT2D eigenvalue weighted by Gasteiger charge is 2.12. The van der Waals surface area contributed by atoms with E-state index in [0.717, 1.165) is 25.8 Å². The number of Topliss-reactive ketones (excluding diaryl/α,β-unsaturated/α-hetero) is 1. The van der Waals surface area contributed by atoms with Crippen molar-refractivity contribution in [1.82, 2.24) is 5.32 Å². The van der Waals surface area contributed by atoms with Crippen LogP contribution in [0.25, 0.3) is 0 Å². The summed E-state index contributed by atoms with van der Waals surface area (Å²) in [5, 5.41) is 3.45. The molecule has 0 aliphatic heterocycles. The summed E-state index contributed by atoms with van der Waals surface area (Å²) in [5.41, 5.74) is -0.0251. The van der Waals surface area contributed by atoms with Crippen LogP contribution < -0.4 is 5.32 Å². The Kier molecular flexibility index (Phi) is 7.72. The monoisotopic (exact) mass is 257 g/mol. The first-order chi connectivity index (χ1) is 8.10. The minimum Gasteiger partial charge on any atom is -0.368 e. The summed E-state index contributed by atoms with van der Waals surface area (Å²) in [6.45, 7) is 13.7. The highest BCUT2D eigenvalue weighted by atomic mass is 16.5. The van der Waals surface area contributed by atoms with E-state index in [1.807, 2.05) is 20.8 Å². The molecule has 0 aromatic heterocycles. The van der Waals surface area contributed by atoms with Gasteiger partial charge in [0.2, 0.25) is 0 Å². The Morgan fingerprint density at radius 1 is 1.00 bits per heavy atom. The van der Waals surface area contributed by atoms with Crippen molar-refractivity contribution >= 4 is 5.78 Å². The molecule has 0 saturated heterocycles. The molecule has 0 unspecified atom stereocenters. The number of rotatable bonds is 8. The summed E-state index contributed by atoms with van der Waals surface area (Å²) in [6, 6.07) is 0. The van der Waals surface area contributed by atoms with Gasteiger partial charge in [0.25, 0.3) is 0 Å². The molecule has 0 amide bonds. The second-order valence-corrected chi connectivity index (χ2v) is 6.93. The molecule has 0 bridgehead atoms. The van der Waals surface area contributed by atoms with E-state index < -0.39 is 0 Å². The van der Waals surface area contributed by atoms with E-state index in [1.54, 1.807) is 0 Å². The first kappa shape index (κ1) is 17.6. The summed E-state index contributed by atoms with van der Waals surface area (Å²) in [7, 11) is 0. The Balaban J connectivity index is 3.42. The van der Waals surface area contributed by atoms with Gasteiger partial charge < -0.3 is 10.1 Å². The molecule has 0 atom stereocenters. The molecule has 0 aliphatic carbocycles. The Morgan fingerprint density at radius 3 is 2.11 bits per heavy atom. The SMILES string of the molecule is CC(C)(C)NCCCCCC(=O)COC(C)(C)C. The van der Waals surface area contributed by atoms with Gasteiger partial charge in [0.05, 0.1) is 5.60 Å². The molecular formula is C15H31NO2. The molecule has 1 N–H and O–H groups in total. The zero-order chi connectivity index (χ0) is 14.2. The Morgan fingerprint density at radius 2 is 1.61 bits per heavy atom. The maximum Gasteiger partial charge on any atom is 0.158 e. The fourth-order valence-electron chi connectivity index (χ4n) is 1.46. The van der Waals surface area contributed by atoms with Crippen LogP contribution in [0.2, 0.25) is 0 Å². The van der Waals surface area contributed by atoms with Crippen molar-refractivity contribution in [2.24, 2.45) is 0 Å². The Hall–Kier alpha value is -0.410. The van der Waals surface area contributed by atoms with E-state index in [-0.39, 0.29) is 23.5 Å². The van der Waals surface area contributed by atoms with Crippen LogP contribution in [0, 0.1) is 0 Å². The second kappa shape index (κ2) is 7.90. The van der Waals surface area contributed by atoms with Crippen LogP contribution in [0.1, 0.15) is 67.2 Å². The van der Waals surface area contributed by atoms with Gasteiger partial charge in [-0.15, -0.1) is 0 Å². The third-order valence-corrected chi connectivity index (χ3v) is 2.45. The van der Waals surface area contributed by atoms with Gasteiger partial charge in [-0.3, -0.25) is 4.79 Å². The highest BCUT2D eigenvalue weighted by molar-refractivity contribution is 5.79. The lowest BCUT2D eigenvalue weighted by molar-refractivity contribution is -0.128. The Labute approximate surface area is 113 Å². The number of ether oxygens (including phenoxy) is 1. The summed E-state index contributed by atoms with van der Waals surface area (Å²) in [5.74, 6) is 0.216. The van der Waals surface area contributed by atoms with Crippen LogP contribution in [0.3, 0.4) is 0 Å². The molecule has 3 heteroatoms. The topological polar surface area (TPSA) is 38.3 Å². The normalized spacial score (nSPS) is 12.8. The van der Waals surface area contributed by atoms with Gasteiger partial charge in [-0.25, -0.2) is 0 Å². The van der Waals surface area contributed by atoms with Crippen LogP contribution in [0.5, 0.6) is 0 Å². The minimum absolute atomic E-state index is 0.191. The molecule has 0 aromatic carbocycles. The van der Waals surface area contributed by atoms with Crippen molar-refractivity contribution in [3.8, 4) is 0 Å². The van der Waals surface area contributed by atoms with Gasteiger partial charge in [0.15, 0.2) is 5.78 Å². The van der Waals surface area contributed by atoms with Gasteiger partial charge in [-0.05, 0) is 60.9 Å². The smallest absolute Gasteiger partial charge is 0.158 e. The molecule has 0 heterocycles. The highest BCUT2D eigenvalue weighted by Crippen LogP contribution is 2.08. The van der Waals surface area contributed by atoms with Crippen molar-refractivity contribution in [3.63, 3.8) is 0 Å². The first-order valence-electron chi connectivity index (χ1n) is 7.01. The molecule has 0 fully saturated rings. The molecule has 0 saturated carbocycles. The number of nitrogens with one attached hydrogen (secondary N) is 1. The molecule has 108 valence electrons. The lowest BCUT2D eigenvalue weighted by atomic mass is 10.1. The molecule has 0 aliphatic rings. The summed E-state index contributed by atoms with van der Waals surface area (Å²) in [4.78, 5) is 11.5. The molecule has 0 aromatic rings. The zero-order valence-electron chi connectivity index (χ0n) is 13.1. The van der Waals surface area contributed by atoms with Crippen LogP contribution in [0.4, 0.5) is 0 Å². The fraction of sp³-hybridized carbons (Fsp3) is 0.933. The predicted octanol–water partition coefficient (Wildman–Crippen LogP) is 3.32. The molecule has 0 spiro atoms. The number of hydrogen-bond donors (Lipinski definition) is 1. The summed E-state index contributed by atoms with van der Waals surface area (Å²) in [6.07, 6.45) is 3.85. The number of carbonyl (C=O) groups excluding carboxylic acids is 1. The van der Waals surface area contributed by atoms with Crippen LogP contribution in [-0.2, 0) is 9.53 Å². The standard InChI is InChI=1S/C15H31NO2/c1-14(2,3)16-11-9-7-8-10-13(17)12-18-15(4,5)6/h16H,7-12H2,1-6H3. The maximum atomic E-state index is 11.5. The third kappa shape index (κ3) is 13.7. The van der Waals surface area contributed by atoms with Gasteiger partial charge >= 0.3 is 0 Å². The predicted molar refractivity (Wildman–Crippen MR) is 76.9 cm³/mol. The minimum atomic E-state index is -0.216. The van der Waals surface area contributed by atoms with Gasteiger partial charge in [0.1, 0.15) is 6.61 Å². The van der Waals surface area contributed by atoms with Crippen LogP contribution in [0.15, 0.2) is 0 Å². The number of unbranched alkanes of at least 4 members (excludes halogenated alkanes) is 2. The van der Waals surface area contributed by atoms with Gasteiger partial charge in [-0.1, -0.05) is 6.42 Å². The van der Waals surface area contributed by atoms with Crippen LogP contribution >= 0.6 is 0 Å². The number of carbonyl (C=O) groups is 1. The fourth-order valence-corrected chi connectivity index (χ4v) is 1.46. The lowest BCUT2D eigenvalue weighted by Crippen LogP contribution is -2.36. The second-order valence-electron chi connectivity index (χ2n) is 6.93. The van der Waals surface area contributed by atoms with E-state index in [9.17, 15) is 4.79 Å². The number of hydrogen-bond acceptors (Lipinski definition) is 3. The first-order valence-corrected chi connectivity index (χ1v) is 7.01. The van der Waals surface area contributed by atoms with E-state index in [4.69, 9.17) is 4.74 Å². The van der Waals surface area contributed by atoms with Crippen molar-refractivity contribution in [2.45, 2.75) is 78.4 Å². The molecule has 3 nitrogen and oxygen atoms in total. The van der Waals surface area contributed by atoms with Crippen molar-refractivity contribution in [3.05, 3.63) is 0 Å². The van der Waals surface area contributed by atoms with E-state index in [2.05, 4.69) is 26.1 Å². The number of ketones is 1. The quantitative estimate of drug-likeness (QED) is 0.678. The van der Waals surface area contributed by atoms with E-state index in [0.29, 0.717) is 6.42 Å². The zero-order valence-corrected chi connectivity index (χ0v) is 13.1. The van der Waals surface area contributed by atoms with Crippen molar-refractivity contribution in [1.29, 1.82) is 0 Å². The molecule has 18 heavy (non-hydrogen) atoms.